The number of aromatic hydroxyl groups is 1. The van der Waals surface area contributed by atoms with E-state index in [1.165, 1.54) is 6.07 Å². The standard InChI is InChI=1S/C18H18N4O4/c1-11-18(26-12-5-3-2-4-6-12)17(22-21-11)14-8-7-13(9-15(14)23)25-10-16(24)20-19/h2-9,23H,10,19H2,1H3,(H,20,24)(H,21,22). The highest BCUT2D eigenvalue weighted by Crippen LogP contribution is 2.39. The van der Waals surface area contributed by atoms with E-state index >= 15 is 0 Å². The molecule has 2 aromatic carbocycles. The minimum absolute atomic E-state index is 0.0555. The maximum atomic E-state index is 11.1. The van der Waals surface area contributed by atoms with E-state index < -0.39 is 5.91 Å². The number of ether oxygens (including phenoxy) is 2. The van der Waals surface area contributed by atoms with Gasteiger partial charge in [0.15, 0.2) is 12.4 Å². The van der Waals surface area contributed by atoms with Gasteiger partial charge in [0, 0.05) is 11.6 Å². The molecule has 8 heteroatoms. The van der Waals surface area contributed by atoms with Crippen molar-refractivity contribution in [2.75, 3.05) is 6.61 Å². The highest BCUT2D eigenvalue weighted by atomic mass is 16.5. The van der Waals surface area contributed by atoms with Crippen LogP contribution < -0.4 is 20.7 Å². The normalized spacial score (nSPS) is 10.4. The number of nitrogens with zero attached hydrogens (tertiary/aromatic N) is 1. The van der Waals surface area contributed by atoms with Crippen LogP contribution in [0.25, 0.3) is 11.3 Å². The van der Waals surface area contributed by atoms with Crippen LogP contribution in [0.4, 0.5) is 0 Å². The molecular weight excluding hydrogens is 336 g/mol. The zero-order valence-corrected chi connectivity index (χ0v) is 14.0. The summed E-state index contributed by atoms with van der Waals surface area (Å²) < 4.78 is 11.2. The molecule has 0 aliphatic heterocycles. The fourth-order valence-corrected chi connectivity index (χ4v) is 2.32. The smallest absolute Gasteiger partial charge is 0.271 e. The van der Waals surface area contributed by atoms with E-state index in [1.54, 1.807) is 12.1 Å². The van der Waals surface area contributed by atoms with Crippen LogP contribution in [0.15, 0.2) is 48.5 Å². The molecule has 0 aliphatic rings. The number of para-hydroxylation sites is 1. The lowest BCUT2D eigenvalue weighted by Crippen LogP contribution is -2.34. The molecule has 3 rings (SSSR count). The number of hydrogen-bond donors (Lipinski definition) is 4. The number of carbonyl (C=O) groups is 1. The lowest BCUT2D eigenvalue weighted by atomic mass is 10.1. The molecule has 1 aromatic heterocycles. The van der Waals surface area contributed by atoms with E-state index in [9.17, 15) is 9.90 Å². The Morgan fingerprint density at radius 3 is 2.69 bits per heavy atom. The highest BCUT2D eigenvalue weighted by molar-refractivity contribution is 5.77. The molecule has 3 aromatic rings. The lowest BCUT2D eigenvalue weighted by molar-refractivity contribution is -0.123. The molecule has 0 fully saturated rings. The van der Waals surface area contributed by atoms with Gasteiger partial charge in [-0.15, -0.1) is 0 Å². The average Bonchev–Trinajstić information content (AvgIpc) is 3.01. The van der Waals surface area contributed by atoms with Crippen LogP contribution in [0.2, 0.25) is 0 Å². The summed E-state index contributed by atoms with van der Waals surface area (Å²) in [4.78, 5) is 11.1. The van der Waals surface area contributed by atoms with Gasteiger partial charge in [-0.25, -0.2) is 5.84 Å². The van der Waals surface area contributed by atoms with Crippen LogP contribution in [0.5, 0.6) is 23.0 Å². The summed E-state index contributed by atoms with van der Waals surface area (Å²) >= 11 is 0. The Morgan fingerprint density at radius 1 is 1.23 bits per heavy atom. The number of hydrogen-bond acceptors (Lipinski definition) is 6. The van der Waals surface area contributed by atoms with Gasteiger partial charge in [0.05, 0.1) is 5.69 Å². The number of nitrogens with two attached hydrogens (primary N) is 1. The van der Waals surface area contributed by atoms with Crippen molar-refractivity contribution in [2.45, 2.75) is 6.92 Å². The fraction of sp³-hybridized carbons (Fsp3) is 0.111. The molecule has 0 bridgehead atoms. The molecule has 0 unspecified atom stereocenters. The van der Waals surface area contributed by atoms with E-state index in [0.29, 0.717) is 28.5 Å². The molecule has 0 aliphatic carbocycles. The van der Waals surface area contributed by atoms with Crippen molar-refractivity contribution in [3.05, 3.63) is 54.2 Å². The highest BCUT2D eigenvalue weighted by Gasteiger charge is 2.18. The van der Waals surface area contributed by atoms with Gasteiger partial charge in [-0.2, -0.15) is 5.10 Å². The van der Waals surface area contributed by atoms with Gasteiger partial charge in [-0.1, -0.05) is 18.2 Å². The first kappa shape index (κ1) is 17.3. The number of hydrazine groups is 1. The monoisotopic (exact) mass is 354 g/mol. The number of nitrogens with one attached hydrogen (secondary N) is 2. The Morgan fingerprint density at radius 2 is 2.00 bits per heavy atom. The van der Waals surface area contributed by atoms with Crippen LogP contribution >= 0.6 is 0 Å². The summed E-state index contributed by atoms with van der Waals surface area (Å²) in [6.07, 6.45) is 0. The largest absolute Gasteiger partial charge is 0.507 e. The minimum atomic E-state index is -0.477. The van der Waals surface area contributed by atoms with E-state index in [0.717, 1.165) is 5.69 Å². The van der Waals surface area contributed by atoms with Gasteiger partial charge >= 0.3 is 0 Å². The predicted octanol–water partition coefficient (Wildman–Crippen LogP) is 2.25. The number of carbonyl (C=O) groups excluding carboxylic acids is 1. The maximum absolute atomic E-state index is 11.1. The zero-order valence-electron chi connectivity index (χ0n) is 14.0. The second-order valence-corrected chi connectivity index (χ2v) is 5.48. The van der Waals surface area contributed by atoms with Crippen molar-refractivity contribution in [2.24, 2.45) is 5.84 Å². The molecule has 1 amide bonds. The second kappa shape index (κ2) is 7.58. The topological polar surface area (TPSA) is 122 Å². The molecule has 0 saturated carbocycles. The van der Waals surface area contributed by atoms with Gasteiger partial charge in [-0.05, 0) is 31.2 Å². The van der Waals surface area contributed by atoms with Crippen LogP contribution in [0.1, 0.15) is 5.69 Å². The third-order valence-corrected chi connectivity index (χ3v) is 3.61. The van der Waals surface area contributed by atoms with Crippen LogP contribution in [0, 0.1) is 6.92 Å². The molecule has 0 radical (unpaired) electrons. The Labute approximate surface area is 149 Å². The number of phenolic OH excluding ortho intramolecular Hbond substituents is 1. The molecule has 26 heavy (non-hydrogen) atoms. The third-order valence-electron chi connectivity index (χ3n) is 3.61. The second-order valence-electron chi connectivity index (χ2n) is 5.48. The number of aryl methyl sites for hydroxylation is 1. The molecule has 5 N–H and O–H groups in total. The molecule has 134 valence electrons. The fourth-order valence-electron chi connectivity index (χ4n) is 2.32. The predicted molar refractivity (Wildman–Crippen MR) is 94.8 cm³/mol. The van der Waals surface area contributed by atoms with Crippen molar-refractivity contribution in [1.29, 1.82) is 0 Å². The summed E-state index contributed by atoms with van der Waals surface area (Å²) in [7, 11) is 0. The van der Waals surface area contributed by atoms with Crippen molar-refractivity contribution < 1.29 is 19.4 Å². The van der Waals surface area contributed by atoms with Crippen molar-refractivity contribution >= 4 is 5.91 Å². The number of aromatic nitrogens is 2. The first-order valence-electron chi connectivity index (χ1n) is 7.82. The number of benzene rings is 2. The summed E-state index contributed by atoms with van der Waals surface area (Å²) in [5, 5.41) is 17.4. The summed E-state index contributed by atoms with van der Waals surface area (Å²) in [6, 6.07) is 13.9. The Hall–Kier alpha value is -3.52. The van der Waals surface area contributed by atoms with E-state index in [-0.39, 0.29) is 12.4 Å². The van der Waals surface area contributed by atoms with Gasteiger partial charge in [0.25, 0.3) is 5.91 Å². The van der Waals surface area contributed by atoms with Crippen molar-refractivity contribution in [3.8, 4) is 34.3 Å². The van der Waals surface area contributed by atoms with Crippen molar-refractivity contribution in [3.63, 3.8) is 0 Å². The molecular formula is C18H18N4O4. The lowest BCUT2D eigenvalue weighted by Gasteiger charge is -2.10. The van der Waals surface area contributed by atoms with Gasteiger partial charge < -0.3 is 14.6 Å². The molecule has 0 spiro atoms. The maximum Gasteiger partial charge on any atom is 0.271 e. The SMILES string of the molecule is Cc1[nH]nc(-c2ccc(OCC(=O)NN)cc2O)c1Oc1ccccc1. The van der Waals surface area contributed by atoms with Crippen LogP contribution in [0.3, 0.4) is 0 Å². The zero-order chi connectivity index (χ0) is 18.5. The number of amides is 1. The molecule has 0 saturated heterocycles. The first-order valence-corrected chi connectivity index (χ1v) is 7.82. The number of rotatable bonds is 6. The molecule has 8 nitrogen and oxygen atoms in total. The summed E-state index contributed by atoms with van der Waals surface area (Å²) in [5.41, 5.74) is 3.62. The van der Waals surface area contributed by atoms with E-state index in [1.807, 2.05) is 42.7 Å². The Kier molecular flexibility index (Phi) is 5.04. The van der Waals surface area contributed by atoms with Crippen LogP contribution in [-0.4, -0.2) is 27.8 Å². The average molecular weight is 354 g/mol. The van der Waals surface area contributed by atoms with Crippen molar-refractivity contribution in [1.82, 2.24) is 15.6 Å². The van der Waals surface area contributed by atoms with Gasteiger partial charge in [-0.3, -0.25) is 15.3 Å². The Balaban J connectivity index is 1.86. The van der Waals surface area contributed by atoms with Crippen LogP contribution in [-0.2, 0) is 4.79 Å². The quantitative estimate of drug-likeness (QED) is 0.306. The minimum Gasteiger partial charge on any atom is -0.507 e. The molecule has 1 heterocycles. The summed E-state index contributed by atoms with van der Waals surface area (Å²) in [5.74, 6) is 5.96. The third kappa shape index (κ3) is 3.76. The Bertz CT molecular complexity index is 909. The number of H-pyrrole nitrogens is 1. The summed E-state index contributed by atoms with van der Waals surface area (Å²) in [6.45, 7) is 1.58. The van der Waals surface area contributed by atoms with Gasteiger partial charge in [0.2, 0.25) is 0 Å². The number of aromatic amines is 1. The number of phenols is 1. The first-order chi connectivity index (χ1) is 12.6. The van der Waals surface area contributed by atoms with Gasteiger partial charge in [0.1, 0.15) is 22.9 Å². The van der Waals surface area contributed by atoms with E-state index in [2.05, 4.69) is 10.2 Å². The molecule has 0 atom stereocenters. The van der Waals surface area contributed by atoms with E-state index in [4.69, 9.17) is 15.3 Å².